The number of halogens is 1. The molecule has 2 aromatic rings. The van der Waals surface area contributed by atoms with Gasteiger partial charge in [0.25, 0.3) is 0 Å². The molecule has 0 saturated heterocycles. The number of rotatable bonds is 6. The fourth-order valence-electron chi connectivity index (χ4n) is 1.88. The highest BCUT2D eigenvalue weighted by Crippen LogP contribution is 2.21. The lowest BCUT2D eigenvalue weighted by Gasteiger charge is -2.15. The smallest absolute Gasteiger partial charge is 0.126 e. The van der Waals surface area contributed by atoms with Crippen molar-refractivity contribution in [2.24, 2.45) is 0 Å². The van der Waals surface area contributed by atoms with Gasteiger partial charge in [-0.1, -0.05) is 6.07 Å². The van der Waals surface area contributed by atoms with Gasteiger partial charge in [0.15, 0.2) is 0 Å². The topological polar surface area (TPSA) is 28.2 Å². The van der Waals surface area contributed by atoms with Gasteiger partial charge in [-0.3, -0.25) is 4.90 Å². The summed E-state index contributed by atoms with van der Waals surface area (Å²) in [5, 5.41) is 5.36. The second-order valence-corrected chi connectivity index (χ2v) is 6.36. The zero-order valence-corrected chi connectivity index (χ0v) is 13.6. The van der Waals surface area contributed by atoms with Crippen molar-refractivity contribution in [1.29, 1.82) is 0 Å². The van der Waals surface area contributed by atoms with Crippen molar-refractivity contribution in [3.05, 3.63) is 44.7 Å². The minimum Gasteiger partial charge on any atom is -0.370 e. The Labute approximate surface area is 126 Å². The summed E-state index contributed by atoms with van der Waals surface area (Å²) < 4.78 is 1.16. The van der Waals surface area contributed by atoms with Gasteiger partial charge in [0.2, 0.25) is 0 Å². The van der Waals surface area contributed by atoms with Crippen LogP contribution in [0.3, 0.4) is 0 Å². The highest BCUT2D eigenvalue weighted by atomic mass is 79.9. The SMILES string of the molecule is CCNc1cccc(CN(C)Cc2cc(Br)cs2)n1. The Kier molecular flexibility index (Phi) is 5.36. The van der Waals surface area contributed by atoms with Crippen LogP contribution in [-0.2, 0) is 13.1 Å². The number of nitrogens with zero attached hydrogens (tertiary/aromatic N) is 2. The summed E-state index contributed by atoms with van der Waals surface area (Å²) >= 11 is 5.27. The predicted molar refractivity (Wildman–Crippen MR) is 85.6 cm³/mol. The van der Waals surface area contributed by atoms with Crippen molar-refractivity contribution in [1.82, 2.24) is 9.88 Å². The third-order valence-electron chi connectivity index (χ3n) is 2.64. The molecular weight excluding hydrogens is 322 g/mol. The van der Waals surface area contributed by atoms with Gasteiger partial charge < -0.3 is 5.32 Å². The first-order chi connectivity index (χ1) is 9.17. The number of thiophene rings is 1. The van der Waals surface area contributed by atoms with Gasteiger partial charge in [-0.05, 0) is 48.1 Å². The molecule has 0 aliphatic heterocycles. The third-order valence-corrected chi connectivity index (χ3v) is 4.33. The Morgan fingerprint density at radius 2 is 2.21 bits per heavy atom. The Morgan fingerprint density at radius 3 is 2.89 bits per heavy atom. The van der Waals surface area contributed by atoms with Gasteiger partial charge in [0.05, 0.1) is 5.69 Å². The molecule has 0 aliphatic rings. The highest BCUT2D eigenvalue weighted by molar-refractivity contribution is 9.10. The monoisotopic (exact) mass is 339 g/mol. The van der Waals surface area contributed by atoms with Crippen LogP contribution in [0.5, 0.6) is 0 Å². The Bertz CT molecular complexity index is 527. The second kappa shape index (κ2) is 7.03. The van der Waals surface area contributed by atoms with Crippen LogP contribution >= 0.6 is 27.3 Å². The summed E-state index contributed by atoms with van der Waals surface area (Å²) in [7, 11) is 2.12. The molecule has 0 spiro atoms. The van der Waals surface area contributed by atoms with Crippen molar-refractivity contribution in [2.45, 2.75) is 20.0 Å². The number of aromatic nitrogens is 1. The van der Waals surface area contributed by atoms with Crippen LogP contribution in [0.2, 0.25) is 0 Å². The van der Waals surface area contributed by atoms with E-state index >= 15 is 0 Å². The van der Waals surface area contributed by atoms with E-state index in [9.17, 15) is 0 Å². The first-order valence-electron chi connectivity index (χ1n) is 6.28. The quantitative estimate of drug-likeness (QED) is 0.862. The summed E-state index contributed by atoms with van der Waals surface area (Å²) in [6, 6.07) is 8.30. The van der Waals surface area contributed by atoms with Crippen LogP contribution in [0.25, 0.3) is 0 Å². The van der Waals surface area contributed by atoms with Gasteiger partial charge in [-0.25, -0.2) is 4.98 Å². The van der Waals surface area contributed by atoms with E-state index in [1.807, 2.05) is 6.07 Å². The molecule has 2 rings (SSSR count). The molecule has 0 unspecified atom stereocenters. The van der Waals surface area contributed by atoms with Crippen molar-refractivity contribution < 1.29 is 0 Å². The van der Waals surface area contributed by atoms with Crippen LogP contribution in [0.4, 0.5) is 5.82 Å². The van der Waals surface area contributed by atoms with E-state index in [1.165, 1.54) is 4.88 Å². The van der Waals surface area contributed by atoms with Crippen LogP contribution in [-0.4, -0.2) is 23.5 Å². The Balaban J connectivity index is 1.94. The fraction of sp³-hybridized carbons (Fsp3) is 0.357. The lowest BCUT2D eigenvalue weighted by Crippen LogP contribution is -2.17. The molecule has 0 saturated carbocycles. The van der Waals surface area contributed by atoms with E-state index in [-0.39, 0.29) is 0 Å². The van der Waals surface area contributed by atoms with Gasteiger partial charge in [-0.15, -0.1) is 11.3 Å². The minimum atomic E-state index is 0.856. The van der Waals surface area contributed by atoms with E-state index in [0.29, 0.717) is 0 Å². The predicted octanol–water partition coefficient (Wildman–Crippen LogP) is 3.97. The first-order valence-corrected chi connectivity index (χ1v) is 7.96. The summed E-state index contributed by atoms with van der Waals surface area (Å²) in [5.41, 5.74) is 1.09. The van der Waals surface area contributed by atoms with Crippen molar-refractivity contribution >= 4 is 33.1 Å². The summed E-state index contributed by atoms with van der Waals surface area (Å²) in [4.78, 5) is 8.22. The first kappa shape index (κ1) is 14.5. The van der Waals surface area contributed by atoms with Crippen LogP contribution in [0, 0.1) is 0 Å². The van der Waals surface area contributed by atoms with Crippen LogP contribution < -0.4 is 5.32 Å². The molecule has 0 aliphatic carbocycles. The van der Waals surface area contributed by atoms with Gasteiger partial charge in [-0.2, -0.15) is 0 Å². The van der Waals surface area contributed by atoms with E-state index in [0.717, 1.165) is 35.6 Å². The summed E-state index contributed by atoms with van der Waals surface area (Å²) in [6.45, 7) is 4.78. The molecule has 0 bridgehead atoms. The Morgan fingerprint density at radius 1 is 1.37 bits per heavy atom. The van der Waals surface area contributed by atoms with Crippen molar-refractivity contribution in [3.63, 3.8) is 0 Å². The van der Waals surface area contributed by atoms with Crippen molar-refractivity contribution in [3.8, 4) is 0 Å². The molecule has 0 amide bonds. The van der Waals surface area contributed by atoms with E-state index in [1.54, 1.807) is 11.3 Å². The molecule has 0 fully saturated rings. The Hall–Kier alpha value is -0.910. The van der Waals surface area contributed by atoms with E-state index < -0.39 is 0 Å². The molecule has 0 radical (unpaired) electrons. The molecule has 102 valence electrons. The van der Waals surface area contributed by atoms with Crippen molar-refractivity contribution in [2.75, 3.05) is 18.9 Å². The largest absolute Gasteiger partial charge is 0.370 e. The van der Waals surface area contributed by atoms with Gasteiger partial charge in [0, 0.05) is 34.4 Å². The average Bonchev–Trinajstić information content (AvgIpc) is 2.75. The van der Waals surface area contributed by atoms with E-state index in [2.05, 4.69) is 68.7 Å². The molecule has 2 heterocycles. The number of pyridine rings is 1. The number of anilines is 1. The number of hydrogen-bond acceptors (Lipinski definition) is 4. The lowest BCUT2D eigenvalue weighted by molar-refractivity contribution is 0.318. The van der Waals surface area contributed by atoms with Gasteiger partial charge in [0.1, 0.15) is 5.82 Å². The maximum absolute atomic E-state index is 4.59. The molecular formula is C14H18BrN3S. The maximum atomic E-state index is 4.59. The number of hydrogen-bond donors (Lipinski definition) is 1. The lowest BCUT2D eigenvalue weighted by atomic mass is 10.3. The van der Waals surface area contributed by atoms with Crippen LogP contribution in [0.15, 0.2) is 34.1 Å². The normalized spacial score (nSPS) is 10.9. The summed E-state index contributed by atoms with van der Waals surface area (Å²) in [6.07, 6.45) is 0. The van der Waals surface area contributed by atoms with E-state index in [4.69, 9.17) is 0 Å². The second-order valence-electron chi connectivity index (χ2n) is 4.45. The molecule has 2 aromatic heterocycles. The zero-order chi connectivity index (χ0) is 13.7. The standard InChI is InChI=1S/C14H18BrN3S/c1-3-16-14-6-4-5-12(17-14)8-18(2)9-13-7-11(15)10-19-13/h4-7,10H,3,8-9H2,1-2H3,(H,16,17). The molecule has 19 heavy (non-hydrogen) atoms. The molecule has 3 nitrogen and oxygen atoms in total. The van der Waals surface area contributed by atoms with Gasteiger partial charge >= 0.3 is 0 Å². The zero-order valence-electron chi connectivity index (χ0n) is 11.2. The maximum Gasteiger partial charge on any atom is 0.126 e. The molecule has 5 heteroatoms. The molecule has 0 atom stereocenters. The summed E-state index contributed by atoms with van der Waals surface area (Å²) in [5.74, 6) is 0.951. The average molecular weight is 340 g/mol. The third kappa shape index (κ3) is 4.60. The molecule has 1 N–H and O–H groups in total. The molecule has 0 aromatic carbocycles. The minimum absolute atomic E-state index is 0.856. The van der Waals surface area contributed by atoms with Crippen LogP contribution in [0.1, 0.15) is 17.5 Å². The highest BCUT2D eigenvalue weighted by Gasteiger charge is 2.05. The number of nitrogens with one attached hydrogen (secondary N) is 1. The fourth-order valence-corrected chi connectivity index (χ4v) is 3.41.